The Morgan fingerprint density at radius 3 is 2.57 bits per heavy atom. The molecule has 1 saturated carbocycles. The molecule has 0 saturated heterocycles. The first-order valence-electron chi connectivity index (χ1n) is 7.76. The smallest absolute Gasteiger partial charge is 0.313 e. The van der Waals surface area contributed by atoms with Crippen molar-refractivity contribution in [3.63, 3.8) is 0 Å². The summed E-state index contributed by atoms with van der Waals surface area (Å²) in [5.74, 6) is 0.809. The monoisotopic (exact) mass is 351 g/mol. The first-order valence-corrected chi connectivity index (χ1v) is 8.55. The van der Waals surface area contributed by atoms with Gasteiger partial charge in [0.25, 0.3) is 0 Å². The highest BCUT2D eigenvalue weighted by atomic mass is 79.9. The fourth-order valence-corrected chi connectivity index (χ4v) is 4.12. The van der Waals surface area contributed by atoms with Gasteiger partial charge in [-0.3, -0.25) is 0 Å². The number of aromatic amines is 2. The Labute approximate surface area is 132 Å². The largest absolute Gasteiger partial charge is 0.323 e. The molecule has 1 aliphatic carbocycles. The van der Waals surface area contributed by atoms with Gasteiger partial charge in [0.15, 0.2) is 0 Å². The van der Waals surface area contributed by atoms with Crippen LogP contribution in [0.2, 0.25) is 0 Å². The van der Waals surface area contributed by atoms with Crippen LogP contribution >= 0.6 is 15.9 Å². The average molecular weight is 352 g/mol. The number of aromatic nitrogens is 2. The van der Waals surface area contributed by atoms with Gasteiger partial charge in [-0.15, -0.1) is 0 Å². The third-order valence-corrected chi connectivity index (χ3v) is 5.34. The highest BCUT2D eigenvalue weighted by Crippen LogP contribution is 2.35. The van der Waals surface area contributed by atoms with Crippen molar-refractivity contribution in [3.8, 4) is 0 Å². The SMILES string of the molecule is CNC(CC1CCCCC1)c1cc2[nH]c(=O)[nH]c2cc1Br. The minimum Gasteiger partial charge on any atom is -0.313 e. The van der Waals surface area contributed by atoms with E-state index in [1.807, 2.05) is 13.1 Å². The van der Waals surface area contributed by atoms with E-state index in [4.69, 9.17) is 0 Å². The van der Waals surface area contributed by atoms with Crippen LogP contribution in [-0.4, -0.2) is 17.0 Å². The van der Waals surface area contributed by atoms with Crippen LogP contribution in [0.1, 0.15) is 50.1 Å². The van der Waals surface area contributed by atoms with E-state index in [0.717, 1.165) is 27.8 Å². The Balaban J connectivity index is 1.88. The maximum atomic E-state index is 11.4. The number of halogens is 1. The van der Waals surface area contributed by atoms with E-state index in [0.29, 0.717) is 6.04 Å². The number of fused-ring (bicyclic) bond motifs is 1. The minimum atomic E-state index is -0.151. The fraction of sp³-hybridized carbons (Fsp3) is 0.562. The highest BCUT2D eigenvalue weighted by molar-refractivity contribution is 9.10. The minimum absolute atomic E-state index is 0.151. The third-order valence-electron chi connectivity index (χ3n) is 4.65. The van der Waals surface area contributed by atoms with Gasteiger partial charge in [-0.2, -0.15) is 0 Å². The van der Waals surface area contributed by atoms with Crippen LogP contribution in [-0.2, 0) is 0 Å². The maximum absolute atomic E-state index is 11.4. The van der Waals surface area contributed by atoms with Crippen molar-refractivity contribution in [1.82, 2.24) is 15.3 Å². The van der Waals surface area contributed by atoms with Crippen LogP contribution in [0, 0.1) is 5.92 Å². The zero-order valence-electron chi connectivity index (χ0n) is 12.3. The Hall–Kier alpha value is -1.07. The van der Waals surface area contributed by atoms with E-state index in [1.54, 1.807) is 0 Å². The number of hydrogen-bond donors (Lipinski definition) is 3. The summed E-state index contributed by atoms with van der Waals surface area (Å²) in [7, 11) is 2.02. The standard InChI is InChI=1S/C16H22BrN3O/c1-18-13(7-10-5-3-2-4-6-10)11-8-14-15(9-12(11)17)20-16(21)19-14/h8-10,13,18H,2-7H2,1H3,(H2,19,20,21). The summed E-state index contributed by atoms with van der Waals surface area (Å²) in [5.41, 5.74) is 2.80. The van der Waals surface area contributed by atoms with Gasteiger partial charge in [-0.1, -0.05) is 48.0 Å². The molecule has 1 fully saturated rings. The van der Waals surface area contributed by atoms with E-state index in [9.17, 15) is 4.79 Å². The molecule has 0 radical (unpaired) electrons. The molecule has 1 aliphatic rings. The summed E-state index contributed by atoms with van der Waals surface area (Å²) in [6.07, 6.45) is 7.98. The predicted molar refractivity (Wildman–Crippen MR) is 89.6 cm³/mol. The van der Waals surface area contributed by atoms with Gasteiger partial charge >= 0.3 is 5.69 Å². The first kappa shape index (κ1) is 14.9. The van der Waals surface area contributed by atoms with Crippen LogP contribution in [0.25, 0.3) is 11.0 Å². The third kappa shape index (κ3) is 3.24. The van der Waals surface area contributed by atoms with Crippen molar-refractivity contribution in [2.75, 3.05) is 7.05 Å². The van der Waals surface area contributed by atoms with Gasteiger partial charge in [0, 0.05) is 10.5 Å². The lowest BCUT2D eigenvalue weighted by atomic mass is 9.83. The van der Waals surface area contributed by atoms with Gasteiger partial charge < -0.3 is 15.3 Å². The van der Waals surface area contributed by atoms with Crippen LogP contribution in [0.3, 0.4) is 0 Å². The molecular weight excluding hydrogens is 330 g/mol. The first-order chi connectivity index (χ1) is 10.2. The second-order valence-corrected chi connectivity index (χ2v) is 6.93. The van der Waals surface area contributed by atoms with Gasteiger partial charge in [-0.25, -0.2) is 4.79 Å². The van der Waals surface area contributed by atoms with Crippen LogP contribution in [0.4, 0.5) is 0 Å². The molecule has 3 N–H and O–H groups in total. The van der Waals surface area contributed by atoms with E-state index >= 15 is 0 Å². The summed E-state index contributed by atoms with van der Waals surface area (Å²) in [6, 6.07) is 4.40. The lowest BCUT2D eigenvalue weighted by Crippen LogP contribution is -2.21. The summed E-state index contributed by atoms with van der Waals surface area (Å²) < 4.78 is 1.06. The van der Waals surface area contributed by atoms with Gasteiger partial charge in [-0.05, 0) is 37.1 Å². The van der Waals surface area contributed by atoms with Crippen molar-refractivity contribution >= 4 is 27.0 Å². The quantitative estimate of drug-likeness (QED) is 0.783. The second-order valence-electron chi connectivity index (χ2n) is 6.08. The average Bonchev–Trinajstić information content (AvgIpc) is 2.84. The molecule has 3 rings (SSSR count). The number of rotatable bonds is 4. The molecular formula is C16H22BrN3O. The normalized spacial score (nSPS) is 18.2. The second kappa shape index (κ2) is 6.36. The number of H-pyrrole nitrogens is 2. The maximum Gasteiger partial charge on any atom is 0.323 e. The fourth-order valence-electron chi connectivity index (χ4n) is 3.50. The lowest BCUT2D eigenvalue weighted by Gasteiger charge is -2.27. The molecule has 1 aromatic heterocycles. The van der Waals surface area contributed by atoms with Crippen molar-refractivity contribution in [3.05, 3.63) is 32.7 Å². The summed E-state index contributed by atoms with van der Waals surface area (Å²) >= 11 is 3.66. The Morgan fingerprint density at radius 2 is 1.90 bits per heavy atom. The molecule has 2 aromatic rings. The molecule has 1 unspecified atom stereocenters. The van der Waals surface area contributed by atoms with E-state index < -0.39 is 0 Å². The molecule has 0 aliphatic heterocycles. The molecule has 1 heterocycles. The van der Waals surface area contributed by atoms with Crippen molar-refractivity contribution in [1.29, 1.82) is 0 Å². The number of benzene rings is 1. The molecule has 1 aromatic carbocycles. The van der Waals surface area contributed by atoms with E-state index in [-0.39, 0.29) is 5.69 Å². The molecule has 21 heavy (non-hydrogen) atoms. The summed E-state index contributed by atoms with van der Waals surface area (Å²) in [4.78, 5) is 17.1. The molecule has 0 spiro atoms. The van der Waals surface area contributed by atoms with Crippen molar-refractivity contribution < 1.29 is 0 Å². The molecule has 114 valence electrons. The van der Waals surface area contributed by atoms with Gasteiger partial charge in [0.1, 0.15) is 0 Å². The summed E-state index contributed by atoms with van der Waals surface area (Å²) in [6.45, 7) is 0. The van der Waals surface area contributed by atoms with Crippen LogP contribution < -0.4 is 11.0 Å². The van der Waals surface area contributed by atoms with Crippen molar-refractivity contribution in [2.45, 2.75) is 44.6 Å². The molecule has 0 amide bonds. The number of imidazole rings is 1. The Morgan fingerprint density at radius 1 is 1.24 bits per heavy atom. The van der Waals surface area contributed by atoms with Gasteiger partial charge in [0.2, 0.25) is 0 Å². The van der Waals surface area contributed by atoms with E-state index in [1.165, 1.54) is 37.7 Å². The van der Waals surface area contributed by atoms with Crippen LogP contribution in [0.5, 0.6) is 0 Å². The van der Waals surface area contributed by atoms with Gasteiger partial charge in [0.05, 0.1) is 11.0 Å². The Bertz CT molecular complexity index is 670. The number of hydrogen-bond acceptors (Lipinski definition) is 2. The molecule has 0 bridgehead atoms. The zero-order valence-corrected chi connectivity index (χ0v) is 13.9. The molecule has 4 nitrogen and oxygen atoms in total. The van der Waals surface area contributed by atoms with Crippen molar-refractivity contribution in [2.24, 2.45) is 5.92 Å². The molecule has 1 atom stereocenters. The number of nitrogens with one attached hydrogen (secondary N) is 3. The molecule has 5 heteroatoms. The zero-order chi connectivity index (χ0) is 14.8. The summed E-state index contributed by atoms with van der Waals surface area (Å²) in [5, 5.41) is 3.45. The van der Waals surface area contributed by atoms with E-state index in [2.05, 4.69) is 37.3 Å². The lowest BCUT2D eigenvalue weighted by molar-refractivity contribution is 0.305. The highest BCUT2D eigenvalue weighted by Gasteiger charge is 2.21. The Kier molecular flexibility index (Phi) is 4.50. The predicted octanol–water partition coefficient (Wildman–Crippen LogP) is 3.85. The van der Waals surface area contributed by atoms with Crippen LogP contribution in [0.15, 0.2) is 21.4 Å². The topological polar surface area (TPSA) is 60.7 Å².